The summed E-state index contributed by atoms with van der Waals surface area (Å²) in [5.74, 6) is 2.05. The molecule has 1 aromatic rings. The predicted octanol–water partition coefficient (Wildman–Crippen LogP) is 1.19. The standard InChI is InChI=1S/C15H11IN2O3/c16-7-6-9-2-1-3-10-8-18(15(21)13(9)10)11-4-5-12(19)17-14(11)20/h1-3,11H,4-5,8H2,(H,17,19,20). The maximum absolute atomic E-state index is 12.6. The molecule has 0 aromatic heterocycles. The molecule has 0 radical (unpaired) electrons. The van der Waals surface area contributed by atoms with Crippen LogP contribution in [0.3, 0.4) is 0 Å². The lowest BCUT2D eigenvalue weighted by atomic mass is 10.0. The van der Waals surface area contributed by atoms with Crippen molar-refractivity contribution in [2.45, 2.75) is 25.4 Å². The van der Waals surface area contributed by atoms with Crippen molar-refractivity contribution in [1.82, 2.24) is 10.2 Å². The van der Waals surface area contributed by atoms with Gasteiger partial charge in [-0.05, 0) is 22.0 Å². The fraction of sp³-hybridized carbons (Fsp3) is 0.267. The van der Waals surface area contributed by atoms with Crippen LogP contribution in [0.15, 0.2) is 18.2 Å². The zero-order valence-corrected chi connectivity index (χ0v) is 13.1. The summed E-state index contributed by atoms with van der Waals surface area (Å²) in [7, 11) is 0. The van der Waals surface area contributed by atoms with Crippen molar-refractivity contribution in [2.75, 3.05) is 0 Å². The Labute approximate surface area is 135 Å². The highest BCUT2D eigenvalue weighted by Gasteiger charge is 2.39. The quantitative estimate of drug-likeness (QED) is 0.442. The average molecular weight is 394 g/mol. The van der Waals surface area contributed by atoms with Gasteiger partial charge < -0.3 is 4.90 Å². The number of nitrogens with zero attached hydrogens (tertiary/aromatic N) is 1. The fourth-order valence-corrected chi connectivity index (χ4v) is 3.06. The van der Waals surface area contributed by atoms with Crippen LogP contribution in [0.4, 0.5) is 0 Å². The molecule has 1 atom stereocenters. The summed E-state index contributed by atoms with van der Waals surface area (Å²) in [4.78, 5) is 37.3. The summed E-state index contributed by atoms with van der Waals surface area (Å²) in [6, 6.07) is 4.95. The third-order valence-electron chi connectivity index (χ3n) is 3.73. The number of carbonyl (C=O) groups is 3. The highest BCUT2D eigenvalue weighted by atomic mass is 127. The second kappa shape index (κ2) is 5.48. The lowest BCUT2D eigenvalue weighted by Crippen LogP contribution is -2.52. The van der Waals surface area contributed by atoms with Gasteiger partial charge in [0.05, 0.1) is 5.56 Å². The van der Waals surface area contributed by atoms with Crippen molar-refractivity contribution in [3.63, 3.8) is 0 Å². The van der Waals surface area contributed by atoms with E-state index in [0.717, 1.165) is 5.56 Å². The number of hydrogen-bond acceptors (Lipinski definition) is 3. The molecule has 1 N–H and O–H groups in total. The number of amides is 3. The monoisotopic (exact) mass is 394 g/mol. The molecule has 1 aromatic carbocycles. The molecule has 2 heterocycles. The van der Waals surface area contributed by atoms with Gasteiger partial charge in [-0.15, -0.1) is 0 Å². The molecule has 0 bridgehead atoms. The topological polar surface area (TPSA) is 66.5 Å². The first-order chi connectivity index (χ1) is 10.1. The van der Waals surface area contributed by atoms with Crippen LogP contribution in [-0.4, -0.2) is 28.7 Å². The SMILES string of the molecule is O=C1CCC(N2Cc3cccc(C#CI)c3C2=O)C(=O)N1. The van der Waals surface area contributed by atoms with Gasteiger partial charge in [0, 0.05) is 41.1 Å². The van der Waals surface area contributed by atoms with E-state index < -0.39 is 11.9 Å². The van der Waals surface area contributed by atoms with Gasteiger partial charge in [-0.3, -0.25) is 19.7 Å². The number of fused-ring (bicyclic) bond motifs is 1. The first-order valence-electron chi connectivity index (χ1n) is 6.50. The van der Waals surface area contributed by atoms with E-state index in [1.165, 1.54) is 4.90 Å². The Kier molecular flexibility index (Phi) is 3.68. The van der Waals surface area contributed by atoms with Crippen LogP contribution in [0.5, 0.6) is 0 Å². The summed E-state index contributed by atoms with van der Waals surface area (Å²) in [5, 5.41) is 2.29. The molecule has 1 saturated heterocycles. The zero-order valence-electron chi connectivity index (χ0n) is 11.0. The molecule has 21 heavy (non-hydrogen) atoms. The molecular weight excluding hydrogens is 383 g/mol. The fourth-order valence-electron chi connectivity index (χ4n) is 2.77. The molecule has 0 spiro atoms. The van der Waals surface area contributed by atoms with E-state index in [9.17, 15) is 14.4 Å². The van der Waals surface area contributed by atoms with Crippen molar-refractivity contribution in [2.24, 2.45) is 0 Å². The summed E-state index contributed by atoms with van der Waals surface area (Å²) < 4.78 is 2.77. The third-order valence-corrected chi connectivity index (χ3v) is 4.00. The van der Waals surface area contributed by atoms with Gasteiger partial charge in [-0.25, -0.2) is 0 Å². The minimum absolute atomic E-state index is 0.186. The minimum atomic E-state index is -0.581. The highest BCUT2D eigenvalue weighted by molar-refractivity contribution is 14.1. The van der Waals surface area contributed by atoms with E-state index in [0.29, 0.717) is 24.1 Å². The van der Waals surface area contributed by atoms with E-state index in [1.807, 2.05) is 34.7 Å². The van der Waals surface area contributed by atoms with E-state index in [2.05, 4.69) is 15.2 Å². The first kappa shape index (κ1) is 14.1. The molecule has 106 valence electrons. The normalized spacial score (nSPS) is 20.7. The van der Waals surface area contributed by atoms with Gasteiger partial charge in [-0.2, -0.15) is 0 Å². The second-order valence-corrected chi connectivity index (χ2v) is 5.50. The Morgan fingerprint density at radius 3 is 2.81 bits per heavy atom. The van der Waals surface area contributed by atoms with Crippen LogP contribution in [0, 0.1) is 9.85 Å². The Bertz CT molecular complexity index is 717. The maximum atomic E-state index is 12.6. The van der Waals surface area contributed by atoms with E-state index in [1.54, 1.807) is 6.07 Å². The smallest absolute Gasteiger partial charge is 0.256 e. The molecular formula is C15H11IN2O3. The largest absolute Gasteiger partial charge is 0.322 e. The predicted molar refractivity (Wildman–Crippen MR) is 83.4 cm³/mol. The van der Waals surface area contributed by atoms with Crippen LogP contribution in [-0.2, 0) is 16.1 Å². The molecule has 3 amide bonds. The highest BCUT2D eigenvalue weighted by Crippen LogP contribution is 2.29. The van der Waals surface area contributed by atoms with Crippen LogP contribution in [0.1, 0.15) is 34.3 Å². The Hall–Kier alpha value is -1.88. The third kappa shape index (κ3) is 2.42. The summed E-state index contributed by atoms with van der Waals surface area (Å²) >= 11 is 1.93. The molecule has 5 nitrogen and oxygen atoms in total. The molecule has 2 aliphatic rings. The molecule has 2 aliphatic heterocycles. The Balaban J connectivity index is 1.93. The van der Waals surface area contributed by atoms with Crippen molar-refractivity contribution in [3.8, 4) is 9.85 Å². The van der Waals surface area contributed by atoms with Gasteiger partial charge in [0.25, 0.3) is 5.91 Å². The maximum Gasteiger partial charge on any atom is 0.256 e. The number of hydrogen-bond donors (Lipinski definition) is 1. The zero-order chi connectivity index (χ0) is 15.0. The number of carbonyl (C=O) groups excluding carboxylic acids is 3. The van der Waals surface area contributed by atoms with Crippen molar-refractivity contribution in [3.05, 3.63) is 34.9 Å². The van der Waals surface area contributed by atoms with E-state index in [4.69, 9.17) is 0 Å². The Morgan fingerprint density at radius 1 is 1.29 bits per heavy atom. The minimum Gasteiger partial charge on any atom is -0.322 e. The second-order valence-electron chi connectivity index (χ2n) is 4.96. The lowest BCUT2D eigenvalue weighted by molar-refractivity contribution is -0.136. The Morgan fingerprint density at radius 2 is 2.10 bits per heavy atom. The van der Waals surface area contributed by atoms with Gasteiger partial charge in [0.15, 0.2) is 0 Å². The number of piperidine rings is 1. The van der Waals surface area contributed by atoms with Crippen LogP contribution >= 0.6 is 22.6 Å². The van der Waals surface area contributed by atoms with Gasteiger partial charge >= 0.3 is 0 Å². The van der Waals surface area contributed by atoms with E-state index >= 15 is 0 Å². The van der Waals surface area contributed by atoms with E-state index in [-0.39, 0.29) is 18.2 Å². The number of imide groups is 1. The number of halogens is 1. The molecule has 0 saturated carbocycles. The van der Waals surface area contributed by atoms with Gasteiger partial charge in [0.1, 0.15) is 6.04 Å². The van der Waals surface area contributed by atoms with Gasteiger partial charge in [-0.1, -0.05) is 18.1 Å². The van der Waals surface area contributed by atoms with Crippen molar-refractivity contribution < 1.29 is 14.4 Å². The number of benzene rings is 1. The van der Waals surface area contributed by atoms with Crippen molar-refractivity contribution in [1.29, 1.82) is 0 Å². The first-order valence-corrected chi connectivity index (χ1v) is 7.58. The number of nitrogens with one attached hydrogen (secondary N) is 1. The van der Waals surface area contributed by atoms with Crippen molar-refractivity contribution >= 4 is 40.3 Å². The molecule has 3 rings (SSSR count). The molecule has 6 heteroatoms. The molecule has 1 fully saturated rings. The van der Waals surface area contributed by atoms with Crippen LogP contribution in [0.2, 0.25) is 0 Å². The summed E-state index contributed by atoms with van der Waals surface area (Å²) in [5.41, 5.74) is 2.13. The van der Waals surface area contributed by atoms with Crippen LogP contribution in [0.25, 0.3) is 0 Å². The summed E-state index contributed by atoms with van der Waals surface area (Å²) in [6.07, 6.45) is 0.634. The molecule has 1 unspecified atom stereocenters. The van der Waals surface area contributed by atoms with Gasteiger partial charge in [0.2, 0.25) is 11.8 Å². The van der Waals surface area contributed by atoms with Crippen LogP contribution < -0.4 is 5.32 Å². The molecule has 0 aliphatic carbocycles. The lowest BCUT2D eigenvalue weighted by Gasteiger charge is -2.29. The number of rotatable bonds is 1. The average Bonchev–Trinajstić information content (AvgIpc) is 2.78. The summed E-state index contributed by atoms with van der Waals surface area (Å²) in [6.45, 7) is 0.386.